The Morgan fingerprint density at radius 1 is 1.62 bits per heavy atom. The molecule has 13 heavy (non-hydrogen) atoms. The van der Waals surface area contributed by atoms with Crippen LogP contribution in [-0.4, -0.2) is 0 Å². The van der Waals surface area contributed by atoms with Crippen molar-refractivity contribution in [1.29, 1.82) is 5.26 Å². The van der Waals surface area contributed by atoms with Gasteiger partial charge in [-0.1, -0.05) is 23.8 Å². The van der Waals surface area contributed by atoms with Crippen LogP contribution in [0.4, 0.5) is 0 Å². The van der Waals surface area contributed by atoms with Crippen molar-refractivity contribution >= 4 is 0 Å². The third kappa shape index (κ3) is 3.45. The van der Waals surface area contributed by atoms with Crippen molar-refractivity contribution < 1.29 is 0 Å². The standard InChI is InChI=1S/C12H11N/c1-3-4-10(2)7-12(9-13)8-11-5-6-11/h1,5-8,11H,4H2,2H3/b10-7+,12-8+. The average Bonchev–Trinajstić information content (AvgIpc) is 2.87. The second-order valence-electron chi connectivity index (χ2n) is 3.07. The van der Waals surface area contributed by atoms with E-state index in [0.717, 1.165) is 5.57 Å². The number of rotatable bonds is 3. The minimum Gasteiger partial charge on any atom is -0.192 e. The van der Waals surface area contributed by atoms with Crippen molar-refractivity contribution in [2.24, 2.45) is 5.92 Å². The van der Waals surface area contributed by atoms with Crippen molar-refractivity contribution in [3.63, 3.8) is 0 Å². The molecule has 0 unspecified atom stereocenters. The van der Waals surface area contributed by atoms with E-state index in [-0.39, 0.29) is 0 Å². The molecule has 0 spiro atoms. The molecular formula is C12H11N. The maximum absolute atomic E-state index is 8.78. The van der Waals surface area contributed by atoms with E-state index in [1.807, 2.05) is 31.2 Å². The van der Waals surface area contributed by atoms with E-state index >= 15 is 0 Å². The molecule has 0 aromatic rings. The summed E-state index contributed by atoms with van der Waals surface area (Å²) in [7, 11) is 0. The third-order valence-corrected chi connectivity index (χ3v) is 1.70. The summed E-state index contributed by atoms with van der Waals surface area (Å²) < 4.78 is 0. The molecule has 1 aliphatic rings. The van der Waals surface area contributed by atoms with Gasteiger partial charge in [-0.15, -0.1) is 12.3 Å². The molecule has 0 N–H and O–H groups in total. The molecule has 0 saturated heterocycles. The van der Waals surface area contributed by atoms with Gasteiger partial charge in [0.1, 0.15) is 0 Å². The minimum atomic E-state index is 0.393. The minimum absolute atomic E-state index is 0.393. The van der Waals surface area contributed by atoms with Gasteiger partial charge >= 0.3 is 0 Å². The number of allylic oxidation sites excluding steroid dienone is 6. The summed E-state index contributed by atoms with van der Waals surface area (Å²) in [6.45, 7) is 1.94. The fraction of sp³-hybridized carbons (Fsp3) is 0.250. The van der Waals surface area contributed by atoms with Crippen LogP contribution in [0.1, 0.15) is 13.3 Å². The van der Waals surface area contributed by atoms with Gasteiger partial charge in [0, 0.05) is 17.9 Å². The number of hydrogen-bond acceptors (Lipinski definition) is 1. The fourth-order valence-electron chi connectivity index (χ4n) is 0.978. The summed E-state index contributed by atoms with van der Waals surface area (Å²) in [6.07, 6.45) is 13.6. The Hall–Kier alpha value is -1.73. The molecule has 0 fully saturated rings. The van der Waals surface area contributed by atoms with Crippen molar-refractivity contribution in [3.05, 3.63) is 35.5 Å². The van der Waals surface area contributed by atoms with Gasteiger partial charge in [0.15, 0.2) is 0 Å². The summed E-state index contributed by atoms with van der Waals surface area (Å²) in [6, 6.07) is 2.14. The van der Waals surface area contributed by atoms with Crippen molar-refractivity contribution in [1.82, 2.24) is 0 Å². The number of hydrogen-bond donors (Lipinski definition) is 0. The zero-order valence-corrected chi connectivity index (χ0v) is 7.62. The van der Waals surface area contributed by atoms with Crippen LogP contribution < -0.4 is 0 Å². The van der Waals surface area contributed by atoms with Crippen LogP contribution >= 0.6 is 0 Å². The van der Waals surface area contributed by atoms with E-state index in [0.29, 0.717) is 17.9 Å². The Morgan fingerprint density at radius 2 is 2.31 bits per heavy atom. The molecule has 0 heterocycles. The molecule has 0 atom stereocenters. The first-order chi connectivity index (χ1) is 6.26. The number of nitriles is 1. The second kappa shape index (κ2) is 4.33. The monoisotopic (exact) mass is 169 g/mol. The largest absolute Gasteiger partial charge is 0.192 e. The van der Waals surface area contributed by atoms with E-state index in [4.69, 9.17) is 11.7 Å². The van der Waals surface area contributed by atoms with Crippen LogP contribution in [0, 0.1) is 29.6 Å². The first-order valence-electron chi connectivity index (χ1n) is 4.17. The van der Waals surface area contributed by atoms with E-state index < -0.39 is 0 Å². The van der Waals surface area contributed by atoms with E-state index in [1.165, 1.54) is 0 Å². The topological polar surface area (TPSA) is 23.8 Å². The summed E-state index contributed by atoms with van der Waals surface area (Å²) in [4.78, 5) is 0. The van der Waals surface area contributed by atoms with Crippen LogP contribution in [0.2, 0.25) is 0 Å². The van der Waals surface area contributed by atoms with Gasteiger partial charge in [0.05, 0.1) is 6.07 Å². The van der Waals surface area contributed by atoms with Gasteiger partial charge in [0.25, 0.3) is 0 Å². The molecule has 64 valence electrons. The van der Waals surface area contributed by atoms with Gasteiger partial charge < -0.3 is 0 Å². The van der Waals surface area contributed by atoms with Crippen LogP contribution in [-0.2, 0) is 0 Å². The van der Waals surface area contributed by atoms with Crippen LogP contribution in [0.15, 0.2) is 35.5 Å². The molecule has 1 rings (SSSR count). The highest BCUT2D eigenvalue weighted by Crippen LogP contribution is 2.20. The molecule has 1 aliphatic carbocycles. The normalized spacial score (nSPS) is 16.5. The first kappa shape index (κ1) is 9.36. The van der Waals surface area contributed by atoms with Gasteiger partial charge in [-0.25, -0.2) is 0 Å². The maximum atomic E-state index is 8.78. The van der Waals surface area contributed by atoms with Gasteiger partial charge in [-0.2, -0.15) is 5.26 Å². The predicted molar refractivity (Wildman–Crippen MR) is 53.5 cm³/mol. The maximum Gasteiger partial charge on any atom is 0.0988 e. The Labute approximate surface area is 79.1 Å². The summed E-state index contributed by atoms with van der Waals surface area (Å²) >= 11 is 0. The average molecular weight is 169 g/mol. The molecule has 1 heteroatoms. The first-order valence-corrected chi connectivity index (χ1v) is 4.17. The molecule has 1 nitrogen and oxygen atoms in total. The lowest BCUT2D eigenvalue weighted by atomic mass is 10.1. The molecule has 0 radical (unpaired) electrons. The highest BCUT2D eigenvalue weighted by atomic mass is 14.2. The molecule has 0 saturated carbocycles. The van der Waals surface area contributed by atoms with Crippen molar-refractivity contribution in [3.8, 4) is 18.4 Å². The number of nitrogens with zero attached hydrogens (tertiary/aromatic N) is 1. The molecule has 0 amide bonds. The van der Waals surface area contributed by atoms with Gasteiger partial charge in [-0.05, 0) is 13.0 Å². The zero-order valence-electron chi connectivity index (χ0n) is 7.62. The third-order valence-electron chi connectivity index (χ3n) is 1.70. The Kier molecular flexibility index (Phi) is 3.12. The summed E-state index contributed by atoms with van der Waals surface area (Å²) in [5.41, 5.74) is 1.75. The lowest BCUT2D eigenvalue weighted by Crippen LogP contribution is -1.79. The summed E-state index contributed by atoms with van der Waals surface area (Å²) in [5, 5.41) is 8.78. The highest BCUT2D eigenvalue weighted by molar-refractivity contribution is 5.40. The smallest absolute Gasteiger partial charge is 0.0988 e. The van der Waals surface area contributed by atoms with E-state index in [2.05, 4.69) is 12.0 Å². The second-order valence-corrected chi connectivity index (χ2v) is 3.07. The summed E-state index contributed by atoms with van der Waals surface area (Å²) in [5.74, 6) is 2.94. The van der Waals surface area contributed by atoms with Gasteiger partial charge in [0.2, 0.25) is 0 Å². The molecular weight excluding hydrogens is 158 g/mol. The zero-order chi connectivity index (χ0) is 9.68. The lowest BCUT2D eigenvalue weighted by molar-refractivity contribution is 1.21. The predicted octanol–water partition coefficient (Wildman–Crippen LogP) is 2.59. The van der Waals surface area contributed by atoms with Gasteiger partial charge in [-0.3, -0.25) is 0 Å². The van der Waals surface area contributed by atoms with Crippen LogP contribution in [0.3, 0.4) is 0 Å². The molecule has 0 bridgehead atoms. The van der Waals surface area contributed by atoms with Crippen LogP contribution in [0.25, 0.3) is 0 Å². The lowest BCUT2D eigenvalue weighted by Gasteiger charge is -1.93. The van der Waals surface area contributed by atoms with Crippen LogP contribution in [0.5, 0.6) is 0 Å². The Bertz CT molecular complexity index is 350. The number of terminal acetylenes is 1. The van der Waals surface area contributed by atoms with Crippen molar-refractivity contribution in [2.45, 2.75) is 13.3 Å². The molecule has 0 aromatic heterocycles. The Balaban J connectivity index is 2.63. The Morgan fingerprint density at radius 3 is 2.77 bits per heavy atom. The SMILES string of the molecule is C#CC/C(C)=C/C(C#N)=C\C1C=C1. The van der Waals surface area contributed by atoms with E-state index in [1.54, 1.807) is 0 Å². The molecule has 0 aromatic carbocycles. The van der Waals surface area contributed by atoms with Crippen molar-refractivity contribution in [2.75, 3.05) is 0 Å². The quantitative estimate of drug-likeness (QED) is 0.276. The molecule has 0 aliphatic heterocycles. The fourth-order valence-corrected chi connectivity index (χ4v) is 0.978. The van der Waals surface area contributed by atoms with E-state index in [9.17, 15) is 0 Å². The highest BCUT2D eigenvalue weighted by Gasteiger charge is 2.07.